The molecule has 3 aromatic carbocycles. The molecule has 0 radical (unpaired) electrons. The summed E-state index contributed by atoms with van der Waals surface area (Å²) < 4.78 is 23.5. The van der Waals surface area contributed by atoms with Crippen LogP contribution in [-0.2, 0) is 24.8 Å². The molecule has 6 heteroatoms. The van der Waals surface area contributed by atoms with Gasteiger partial charge in [-0.05, 0) is 21.9 Å². The highest BCUT2D eigenvalue weighted by Crippen LogP contribution is 2.50. The van der Waals surface area contributed by atoms with Crippen LogP contribution in [0.5, 0.6) is 0 Å². The number of esters is 1. The monoisotopic (exact) mass is 384 g/mol. The third-order valence-corrected chi connectivity index (χ3v) is 5.47. The summed E-state index contributed by atoms with van der Waals surface area (Å²) in [6.07, 6.45) is -0.964. The van der Waals surface area contributed by atoms with Gasteiger partial charge in [0.05, 0.1) is 6.16 Å². The zero-order chi connectivity index (χ0) is 19.3. The van der Waals surface area contributed by atoms with Crippen LogP contribution in [0.25, 0.3) is 10.8 Å². The number of benzene rings is 3. The largest absolute Gasteiger partial charge is 0.463 e. The summed E-state index contributed by atoms with van der Waals surface area (Å²) in [5.74, 6) is -0.473. The molecule has 1 N–H and O–H groups in total. The standard InChI is InChI=1S/C21H21O5P/c1-16(22)25-14-21(20-13-7-11-18-10-5-6-12-19(18)20)26-27(23,24)15-17-8-3-2-4-9-17/h2-13,21H,14-15H2,1H3,(H,23,24). The summed E-state index contributed by atoms with van der Waals surface area (Å²) in [6.45, 7) is 1.16. The van der Waals surface area contributed by atoms with E-state index in [1.165, 1.54) is 6.92 Å². The number of ether oxygens (including phenoxy) is 1. The van der Waals surface area contributed by atoms with Gasteiger partial charge in [-0.25, -0.2) is 0 Å². The van der Waals surface area contributed by atoms with Gasteiger partial charge >= 0.3 is 13.6 Å². The van der Waals surface area contributed by atoms with Crippen molar-refractivity contribution in [1.82, 2.24) is 0 Å². The molecule has 0 heterocycles. The van der Waals surface area contributed by atoms with Gasteiger partial charge in [-0.1, -0.05) is 72.8 Å². The number of carbonyl (C=O) groups excluding carboxylic acids is 1. The van der Waals surface area contributed by atoms with Crippen molar-refractivity contribution in [2.24, 2.45) is 0 Å². The van der Waals surface area contributed by atoms with Crippen molar-refractivity contribution in [1.29, 1.82) is 0 Å². The van der Waals surface area contributed by atoms with Gasteiger partial charge in [0.1, 0.15) is 12.7 Å². The van der Waals surface area contributed by atoms with Crippen molar-refractivity contribution in [3.05, 3.63) is 83.9 Å². The van der Waals surface area contributed by atoms with Crippen LogP contribution in [0.3, 0.4) is 0 Å². The van der Waals surface area contributed by atoms with E-state index in [1.54, 1.807) is 24.3 Å². The Hall–Kier alpha value is -2.46. The summed E-state index contributed by atoms with van der Waals surface area (Å²) in [5, 5.41) is 1.86. The second kappa shape index (κ2) is 8.49. The maximum absolute atomic E-state index is 12.7. The van der Waals surface area contributed by atoms with Gasteiger partial charge in [-0.15, -0.1) is 0 Å². The van der Waals surface area contributed by atoms with Crippen LogP contribution in [0, 0.1) is 0 Å². The molecule has 3 rings (SSSR count). The minimum absolute atomic E-state index is 0.116. The first-order valence-corrected chi connectivity index (χ1v) is 10.4. The van der Waals surface area contributed by atoms with Crippen LogP contribution in [0.15, 0.2) is 72.8 Å². The summed E-state index contributed by atoms with van der Waals surface area (Å²) in [5.41, 5.74) is 1.41. The predicted molar refractivity (Wildman–Crippen MR) is 104 cm³/mol. The Labute approximate surface area is 158 Å². The van der Waals surface area contributed by atoms with Crippen molar-refractivity contribution >= 4 is 24.3 Å². The Morgan fingerprint density at radius 3 is 2.41 bits per heavy atom. The van der Waals surface area contributed by atoms with E-state index >= 15 is 0 Å². The van der Waals surface area contributed by atoms with Gasteiger partial charge in [0.25, 0.3) is 0 Å². The fourth-order valence-electron chi connectivity index (χ4n) is 2.95. The fourth-order valence-corrected chi connectivity index (χ4v) is 4.27. The third kappa shape index (κ3) is 5.27. The van der Waals surface area contributed by atoms with E-state index in [0.717, 1.165) is 10.8 Å². The Morgan fingerprint density at radius 2 is 1.67 bits per heavy atom. The van der Waals surface area contributed by atoms with Gasteiger partial charge in [-0.3, -0.25) is 13.9 Å². The van der Waals surface area contributed by atoms with Gasteiger partial charge in [0.15, 0.2) is 0 Å². The first-order valence-electron chi connectivity index (χ1n) is 8.60. The third-order valence-electron chi connectivity index (χ3n) is 4.13. The molecule has 0 saturated carbocycles. The molecule has 0 saturated heterocycles. The second-order valence-corrected chi connectivity index (χ2v) is 8.05. The van der Waals surface area contributed by atoms with Crippen molar-refractivity contribution in [3.63, 3.8) is 0 Å². The number of carbonyl (C=O) groups is 1. The predicted octanol–water partition coefficient (Wildman–Crippen LogP) is 4.85. The molecule has 0 aliphatic heterocycles. The van der Waals surface area contributed by atoms with Crippen LogP contribution in [0.4, 0.5) is 0 Å². The summed E-state index contributed by atoms with van der Waals surface area (Å²) in [7, 11) is -3.97. The quantitative estimate of drug-likeness (QED) is 0.466. The smallest absolute Gasteiger partial charge is 0.333 e. The lowest BCUT2D eigenvalue weighted by Gasteiger charge is -2.23. The Kier molecular flexibility index (Phi) is 6.07. The van der Waals surface area contributed by atoms with Crippen LogP contribution < -0.4 is 0 Å². The van der Waals surface area contributed by atoms with E-state index in [0.29, 0.717) is 11.1 Å². The first kappa shape index (κ1) is 19.3. The molecule has 0 fully saturated rings. The van der Waals surface area contributed by atoms with Crippen LogP contribution in [0.1, 0.15) is 24.2 Å². The molecule has 2 unspecified atom stereocenters. The molecule has 3 aromatic rings. The summed E-state index contributed by atoms with van der Waals surface area (Å²) in [4.78, 5) is 21.7. The first-order chi connectivity index (χ1) is 12.9. The van der Waals surface area contributed by atoms with Gasteiger partial charge in [0.2, 0.25) is 0 Å². The number of hydrogen-bond donors (Lipinski definition) is 1. The maximum atomic E-state index is 12.7. The molecule has 0 aliphatic rings. The number of rotatable bonds is 7. The number of hydrogen-bond acceptors (Lipinski definition) is 4. The molecular weight excluding hydrogens is 363 g/mol. The molecule has 0 bridgehead atoms. The highest BCUT2D eigenvalue weighted by atomic mass is 31.2. The molecule has 0 aliphatic carbocycles. The molecule has 0 amide bonds. The van der Waals surface area contributed by atoms with Gasteiger partial charge in [-0.2, -0.15) is 0 Å². The van der Waals surface area contributed by atoms with E-state index in [-0.39, 0.29) is 12.8 Å². The van der Waals surface area contributed by atoms with Crippen molar-refractivity contribution in [2.75, 3.05) is 6.61 Å². The molecular formula is C21H21O5P. The average molecular weight is 384 g/mol. The lowest BCUT2D eigenvalue weighted by molar-refractivity contribution is -0.143. The van der Waals surface area contributed by atoms with Crippen molar-refractivity contribution in [3.8, 4) is 0 Å². The Bertz CT molecular complexity index is 965. The molecule has 2 atom stereocenters. The van der Waals surface area contributed by atoms with Gasteiger partial charge < -0.3 is 9.63 Å². The zero-order valence-electron chi connectivity index (χ0n) is 14.9. The molecule has 5 nitrogen and oxygen atoms in total. The minimum Gasteiger partial charge on any atom is -0.463 e. The highest BCUT2D eigenvalue weighted by molar-refractivity contribution is 7.51. The second-order valence-electron chi connectivity index (χ2n) is 6.25. The van der Waals surface area contributed by atoms with E-state index in [9.17, 15) is 14.3 Å². The van der Waals surface area contributed by atoms with Crippen molar-refractivity contribution < 1.29 is 23.5 Å². The van der Waals surface area contributed by atoms with Crippen LogP contribution >= 0.6 is 7.60 Å². The fraction of sp³-hybridized carbons (Fsp3) is 0.190. The van der Waals surface area contributed by atoms with Crippen molar-refractivity contribution in [2.45, 2.75) is 19.2 Å². The van der Waals surface area contributed by atoms with Crippen LogP contribution in [-0.4, -0.2) is 17.5 Å². The molecule has 0 aromatic heterocycles. The SMILES string of the molecule is CC(=O)OCC(OP(=O)(O)Cc1ccccc1)c1cccc2ccccc12. The Morgan fingerprint density at radius 1 is 1.00 bits per heavy atom. The normalized spacial score (nSPS) is 14.4. The van der Waals surface area contributed by atoms with Gasteiger partial charge in [0, 0.05) is 6.92 Å². The molecule has 0 spiro atoms. The Balaban J connectivity index is 1.91. The minimum atomic E-state index is -3.97. The topological polar surface area (TPSA) is 72.8 Å². The highest BCUT2D eigenvalue weighted by Gasteiger charge is 2.28. The van der Waals surface area contributed by atoms with E-state index in [1.807, 2.05) is 48.5 Å². The molecule has 27 heavy (non-hydrogen) atoms. The summed E-state index contributed by atoms with van der Waals surface area (Å²) in [6, 6.07) is 22.3. The van der Waals surface area contributed by atoms with E-state index in [4.69, 9.17) is 9.26 Å². The van der Waals surface area contributed by atoms with E-state index in [2.05, 4.69) is 0 Å². The van der Waals surface area contributed by atoms with E-state index < -0.39 is 19.7 Å². The lowest BCUT2D eigenvalue weighted by atomic mass is 10.0. The number of fused-ring (bicyclic) bond motifs is 1. The average Bonchev–Trinajstić information content (AvgIpc) is 2.65. The molecule has 140 valence electrons. The lowest BCUT2D eigenvalue weighted by Crippen LogP contribution is -2.14. The summed E-state index contributed by atoms with van der Waals surface area (Å²) >= 11 is 0. The maximum Gasteiger partial charge on any atom is 0.333 e. The zero-order valence-corrected chi connectivity index (χ0v) is 15.8. The van der Waals surface area contributed by atoms with Crippen LogP contribution in [0.2, 0.25) is 0 Å².